The average molecular weight is 289 g/mol. The van der Waals surface area contributed by atoms with Crippen molar-refractivity contribution in [2.75, 3.05) is 6.54 Å². The molecule has 21 heavy (non-hydrogen) atoms. The van der Waals surface area contributed by atoms with Gasteiger partial charge in [-0.25, -0.2) is 0 Å². The number of rotatable bonds is 8. The van der Waals surface area contributed by atoms with Crippen LogP contribution in [0.15, 0.2) is 30.3 Å². The fourth-order valence-electron chi connectivity index (χ4n) is 2.81. The molecule has 1 saturated carbocycles. The van der Waals surface area contributed by atoms with Crippen molar-refractivity contribution < 1.29 is 14.7 Å². The number of carboxylic acid groups (broad SMARTS) is 1. The molecule has 1 fully saturated rings. The van der Waals surface area contributed by atoms with Crippen LogP contribution in [0, 0.1) is 5.92 Å². The molecule has 2 rings (SSSR count). The first-order valence-electron chi connectivity index (χ1n) is 7.68. The maximum atomic E-state index is 11.6. The number of amides is 1. The Morgan fingerprint density at radius 3 is 2.43 bits per heavy atom. The van der Waals surface area contributed by atoms with Crippen LogP contribution in [0.3, 0.4) is 0 Å². The molecule has 1 aromatic rings. The Balaban J connectivity index is 1.54. The number of carbonyl (C=O) groups is 2. The monoisotopic (exact) mass is 289 g/mol. The molecule has 1 aliphatic carbocycles. The van der Waals surface area contributed by atoms with Crippen molar-refractivity contribution in [3.05, 3.63) is 35.9 Å². The van der Waals surface area contributed by atoms with E-state index in [2.05, 4.69) is 29.6 Å². The molecular formula is C17H23NO3. The molecule has 0 spiro atoms. The second kappa shape index (κ2) is 7.81. The van der Waals surface area contributed by atoms with Crippen molar-refractivity contribution in [3.63, 3.8) is 0 Å². The van der Waals surface area contributed by atoms with Crippen molar-refractivity contribution in [1.82, 2.24) is 5.32 Å². The molecule has 4 nitrogen and oxygen atoms in total. The van der Waals surface area contributed by atoms with Crippen LogP contribution in [0.5, 0.6) is 0 Å². The number of benzene rings is 1. The van der Waals surface area contributed by atoms with E-state index in [0.717, 1.165) is 19.4 Å². The lowest BCUT2D eigenvalue weighted by Crippen LogP contribution is -2.35. The summed E-state index contributed by atoms with van der Waals surface area (Å²) in [6.45, 7) is 0.751. The average Bonchev–Trinajstić information content (AvgIpc) is 2.43. The highest BCUT2D eigenvalue weighted by atomic mass is 16.4. The zero-order valence-electron chi connectivity index (χ0n) is 12.3. The van der Waals surface area contributed by atoms with Gasteiger partial charge in [-0.3, -0.25) is 9.59 Å². The van der Waals surface area contributed by atoms with E-state index >= 15 is 0 Å². The third-order valence-corrected chi connectivity index (χ3v) is 4.14. The fraction of sp³-hybridized carbons (Fsp3) is 0.529. The summed E-state index contributed by atoms with van der Waals surface area (Å²) in [6, 6.07) is 10.5. The third-order valence-electron chi connectivity index (χ3n) is 4.14. The van der Waals surface area contributed by atoms with E-state index in [9.17, 15) is 9.59 Å². The van der Waals surface area contributed by atoms with Crippen LogP contribution in [0.1, 0.15) is 50.0 Å². The summed E-state index contributed by atoms with van der Waals surface area (Å²) in [5.41, 5.74) is 1.40. The van der Waals surface area contributed by atoms with Crippen LogP contribution in [0.25, 0.3) is 0 Å². The fourth-order valence-corrected chi connectivity index (χ4v) is 2.81. The normalized spacial score (nSPS) is 20.6. The second-order valence-electron chi connectivity index (χ2n) is 5.85. The predicted molar refractivity (Wildman–Crippen MR) is 81.0 cm³/mol. The van der Waals surface area contributed by atoms with Crippen molar-refractivity contribution in [3.8, 4) is 0 Å². The molecule has 0 radical (unpaired) electrons. The van der Waals surface area contributed by atoms with E-state index in [4.69, 9.17) is 5.11 Å². The van der Waals surface area contributed by atoms with Crippen molar-refractivity contribution in [2.45, 2.75) is 44.4 Å². The van der Waals surface area contributed by atoms with Crippen LogP contribution in [0.4, 0.5) is 0 Å². The molecule has 1 aromatic carbocycles. The molecule has 0 atom stereocenters. The summed E-state index contributed by atoms with van der Waals surface area (Å²) >= 11 is 0. The number of aliphatic carboxylic acids is 1. The number of carboxylic acids is 1. The quantitative estimate of drug-likeness (QED) is 0.723. The second-order valence-corrected chi connectivity index (χ2v) is 5.85. The largest absolute Gasteiger partial charge is 0.481 e. The number of hydrogen-bond acceptors (Lipinski definition) is 2. The van der Waals surface area contributed by atoms with Gasteiger partial charge in [0.25, 0.3) is 0 Å². The van der Waals surface area contributed by atoms with Crippen LogP contribution in [0.2, 0.25) is 0 Å². The third kappa shape index (κ3) is 5.21. The van der Waals surface area contributed by atoms with Crippen LogP contribution < -0.4 is 5.32 Å². The molecule has 0 aliphatic heterocycles. The maximum absolute atomic E-state index is 11.6. The highest BCUT2D eigenvalue weighted by molar-refractivity contribution is 5.75. The van der Waals surface area contributed by atoms with E-state index in [1.54, 1.807) is 0 Å². The van der Waals surface area contributed by atoms with Gasteiger partial charge < -0.3 is 10.4 Å². The minimum Gasteiger partial charge on any atom is -0.481 e. The molecule has 0 unspecified atom stereocenters. The van der Waals surface area contributed by atoms with E-state index < -0.39 is 5.97 Å². The molecule has 2 N–H and O–H groups in total. The zero-order chi connectivity index (χ0) is 15.1. The number of carbonyl (C=O) groups excluding carboxylic acids is 1. The minimum atomic E-state index is -0.795. The summed E-state index contributed by atoms with van der Waals surface area (Å²) in [5.74, 6) is 0.474. The van der Waals surface area contributed by atoms with E-state index in [1.165, 1.54) is 5.56 Å². The van der Waals surface area contributed by atoms with Gasteiger partial charge in [0.15, 0.2) is 0 Å². The highest BCUT2D eigenvalue weighted by Crippen LogP contribution is 2.40. The molecule has 114 valence electrons. The van der Waals surface area contributed by atoms with E-state index in [1.807, 2.05) is 6.07 Å². The topological polar surface area (TPSA) is 66.4 Å². The summed E-state index contributed by atoms with van der Waals surface area (Å²) < 4.78 is 0. The molecule has 0 bridgehead atoms. The van der Waals surface area contributed by atoms with E-state index in [-0.39, 0.29) is 12.3 Å². The molecule has 4 heteroatoms. The number of unbranched alkanes of at least 4 members (excludes halogenated alkanes) is 1. The molecular weight excluding hydrogens is 266 g/mol. The molecule has 0 aromatic heterocycles. The Morgan fingerprint density at radius 2 is 1.76 bits per heavy atom. The first-order valence-corrected chi connectivity index (χ1v) is 7.68. The van der Waals surface area contributed by atoms with Gasteiger partial charge in [0.2, 0.25) is 5.91 Å². The Labute approximate surface area is 125 Å². The maximum Gasteiger partial charge on any atom is 0.303 e. The highest BCUT2D eigenvalue weighted by Gasteiger charge is 2.29. The molecule has 0 saturated heterocycles. The summed E-state index contributed by atoms with van der Waals surface area (Å²) in [5, 5.41) is 11.5. The Hall–Kier alpha value is -1.84. The number of nitrogens with one attached hydrogen (secondary N) is 1. The number of hydrogen-bond donors (Lipinski definition) is 2. The summed E-state index contributed by atoms with van der Waals surface area (Å²) in [7, 11) is 0. The Morgan fingerprint density at radius 1 is 1.10 bits per heavy atom. The van der Waals surface area contributed by atoms with Gasteiger partial charge in [-0.15, -0.1) is 0 Å². The molecule has 1 amide bonds. The summed E-state index contributed by atoms with van der Waals surface area (Å²) in [6.07, 6.45) is 4.08. The van der Waals surface area contributed by atoms with Gasteiger partial charge in [0.1, 0.15) is 0 Å². The predicted octanol–water partition coefficient (Wildman–Crippen LogP) is 2.94. The first kappa shape index (κ1) is 15.5. The SMILES string of the molecule is O=C(O)CCCCC(=O)NCC1CC(c2ccccc2)C1. The zero-order valence-corrected chi connectivity index (χ0v) is 12.3. The standard InChI is InChI=1S/C17H23NO3/c19-16(8-4-5-9-17(20)21)18-12-13-10-15(11-13)14-6-2-1-3-7-14/h1-3,6-7,13,15H,4-5,8-12H2,(H,18,19)(H,20,21). The molecule has 1 aliphatic rings. The lowest BCUT2D eigenvalue weighted by atomic mass is 9.71. The molecule has 0 heterocycles. The first-order chi connectivity index (χ1) is 10.1. The van der Waals surface area contributed by atoms with Crippen molar-refractivity contribution in [1.29, 1.82) is 0 Å². The van der Waals surface area contributed by atoms with Gasteiger partial charge in [-0.05, 0) is 43.1 Å². The lowest BCUT2D eigenvalue weighted by Gasteiger charge is -2.35. The van der Waals surface area contributed by atoms with Crippen LogP contribution in [-0.4, -0.2) is 23.5 Å². The minimum absolute atomic E-state index is 0.0450. The lowest BCUT2D eigenvalue weighted by molar-refractivity contribution is -0.137. The van der Waals surface area contributed by atoms with Gasteiger partial charge in [0, 0.05) is 19.4 Å². The van der Waals surface area contributed by atoms with Crippen LogP contribution >= 0.6 is 0 Å². The van der Waals surface area contributed by atoms with Crippen molar-refractivity contribution in [2.24, 2.45) is 5.92 Å². The van der Waals surface area contributed by atoms with Crippen molar-refractivity contribution >= 4 is 11.9 Å². The van der Waals surface area contributed by atoms with Gasteiger partial charge in [0.05, 0.1) is 0 Å². The van der Waals surface area contributed by atoms with E-state index in [0.29, 0.717) is 31.1 Å². The van der Waals surface area contributed by atoms with Gasteiger partial charge >= 0.3 is 5.97 Å². The van der Waals surface area contributed by atoms with Gasteiger partial charge in [-0.2, -0.15) is 0 Å². The van der Waals surface area contributed by atoms with Crippen LogP contribution in [-0.2, 0) is 9.59 Å². The summed E-state index contributed by atoms with van der Waals surface area (Å²) in [4.78, 5) is 22.0. The Kier molecular flexibility index (Phi) is 5.78. The Bertz CT molecular complexity index is 466. The van der Waals surface area contributed by atoms with Gasteiger partial charge in [-0.1, -0.05) is 30.3 Å². The smallest absolute Gasteiger partial charge is 0.303 e.